The molecule has 0 radical (unpaired) electrons. The number of para-hydroxylation sites is 1. The molecular weight excluding hydrogens is 717 g/mol. The lowest BCUT2D eigenvalue weighted by Crippen LogP contribution is -2.49. The summed E-state index contributed by atoms with van der Waals surface area (Å²) in [4.78, 5) is 47.4. The maximum absolute atomic E-state index is 12.4. The number of anilines is 4. The number of benzene rings is 3. The number of aromatic nitrogens is 4. The number of piperidine rings is 1. The van der Waals surface area contributed by atoms with E-state index in [0.29, 0.717) is 24.7 Å². The van der Waals surface area contributed by atoms with Crippen LogP contribution in [0.25, 0.3) is 28.2 Å². The summed E-state index contributed by atoms with van der Waals surface area (Å²) in [7, 11) is 0. The van der Waals surface area contributed by atoms with E-state index in [1.54, 1.807) is 11.1 Å². The van der Waals surface area contributed by atoms with Gasteiger partial charge in [0, 0.05) is 99.9 Å². The van der Waals surface area contributed by atoms with Gasteiger partial charge in [0.1, 0.15) is 40.2 Å². The Kier molecular flexibility index (Phi) is 9.89. The zero-order chi connectivity index (χ0) is 38.9. The quantitative estimate of drug-likeness (QED) is 0.165. The molecule has 290 valence electrons. The third kappa shape index (κ3) is 7.58. The average molecular weight is 763 g/mol. The molecular formula is C44H46N10O3. The molecule has 0 bridgehead atoms. The van der Waals surface area contributed by atoms with Gasteiger partial charge >= 0.3 is 6.03 Å². The van der Waals surface area contributed by atoms with Crippen LogP contribution in [0.2, 0.25) is 0 Å². The Bertz CT molecular complexity index is 2380. The predicted molar refractivity (Wildman–Crippen MR) is 223 cm³/mol. The van der Waals surface area contributed by atoms with Gasteiger partial charge in [0.15, 0.2) is 0 Å². The molecule has 3 aliphatic rings. The molecule has 0 atom stereocenters. The molecule has 3 aliphatic heterocycles. The van der Waals surface area contributed by atoms with Crippen LogP contribution in [0.15, 0.2) is 104 Å². The van der Waals surface area contributed by atoms with Gasteiger partial charge in [-0.25, -0.2) is 19.7 Å². The van der Waals surface area contributed by atoms with E-state index < -0.39 is 0 Å². The summed E-state index contributed by atoms with van der Waals surface area (Å²) in [5, 5.41) is 2.42. The van der Waals surface area contributed by atoms with Crippen LogP contribution in [0.4, 0.5) is 27.8 Å². The lowest BCUT2D eigenvalue weighted by atomic mass is 9.95. The van der Waals surface area contributed by atoms with Gasteiger partial charge in [-0.3, -0.25) is 24.3 Å². The number of aryl methyl sites for hydroxylation is 1. The Labute approximate surface area is 331 Å². The van der Waals surface area contributed by atoms with E-state index in [-0.39, 0.29) is 11.9 Å². The molecule has 3 saturated heterocycles. The molecule has 9 rings (SSSR count). The van der Waals surface area contributed by atoms with E-state index in [1.807, 2.05) is 84.4 Å². The van der Waals surface area contributed by atoms with Crippen molar-refractivity contribution in [2.75, 3.05) is 72.8 Å². The first kappa shape index (κ1) is 36.2. The number of imidazole rings is 1. The molecule has 0 aliphatic carbocycles. The minimum atomic E-state index is -0.342. The van der Waals surface area contributed by atoms with Crippen LogP contribution in [0.3, 0.4) is 0 Å². The van der Waals surface area contributed by atoms with Gasteiger partial charge in [0.05, 0.1) is 0 Å². The fourth-order valence-electron chi connectivity index (χ4n) is 8.31. The van der Waals surface area contributed by atoms with E-state index in [4.69, 9.17) is 20.4 Å². The molecule has 0 saturated carbocycles. The minimum Gasteiger partial charge on any atom is -0.457 e. The van der Waals surface area contributed by atoms with Crippen LogP contribution in [-0.4, -0.2) is 88.5 Å². The van der Waals surface area contributed by atoms with Crippen LogP contribution >= 0.6 is 0 Å². The molecule has 3 aromatic heterocycles. The van der Waals surface area contributed by atoms with E-state index in [0.717, 1.165) is 115 Å². The highest BCUT2D eigenvalue weighted by Crippen LogP contribution is 2.34. The minimum absolute atomic E-state index is 0.215. The summed E-state index contributed by atoms with van der Waals surface area (Å²) in [6.45, 7) is 9.49. The van der Waals surface area contributed by atoms with Crippen molar-refractivity contribution in [3.05, 3.63) is 109 Å². The largest absolute Gasteiger partial charge is 0.457 e. The van der Waals surface area contributed by atoms with Crippen molar-refractivity contribution in [2.45, 2.75) is 26.2 Å². The number of carbonyl (C=O) groups excluding carboxylic acids is 2. The highest BCUT2D eigenvalue weighted by molar-refractivity contribution is 6.06. The first-order chi connectivity index (χ1) is 27.9. The molecule has 6 heterocycles. The number of nitrogens with two attached hydrogens (primary N) is 1. The highest BCUT2D eigenvalue weighted by atomic mass is 16.5. The first-order valence-corrected chi connectivity index (χ1v) is 19.7. The van der Waals surface area contributed by atoms with E-state index in [2.05, 4.69) is 49.3 Å². The van der Waals surface area contributed by atoms with Crippen molar-refractivity contribution < 1.29 is 14.3 Å². The fourth-order valence-corrected chi connectivity index (χ4v) is 8.31. The maximum Gasteiger partial charge on any atom is 0.328 e. The average Bonchev–Trinajstić information content (AvgIpc) is 3.63. The second kappa shape index (κ2) is 15.6. The molecule has 3 aromatic carbocycles. The van der Waals surface area contributed by atoms with Crippen LogP contribution < -0.4 is 30.5 Å². The molecule has 13 nitrogen and oxygen atoms in total. The van der Waals surface area contributed by atoms with Crippen molar-refractivity contribution >= 4 is 40.5 Å². The van der Waals surface area contributed by atoms with Crippen molar-refractivity contribution in [1.29, 1.82) is 0 Å². The van der Waals surface area contributed by atoms with Crippen LogP contribution in [-0.2, 0) is 4.79 Å². The third-order valence-corrected chi connectivity index (χ3v) is 11.4. The number of imide groups is 1. The highest BCUT2D eigenvalue weighted by Gasteiger charge is 2.28. The van der Waals surface area contributed by atoms with Crippen LogP contribution in [0.5, 0.6) is 11.5 Å². The summed E-state index contributed by atoms with van der Waals surface area (Å²) in [5.74, 6) is 4.11. The predicted octanol–water partition coefficient (Wildman–Crippen LogP) is 6.63. The van der Waals surface area contributed by atoms with Gasteiger partial charge in [0.25, 0.3) is 0 Å². The zero-order valence-corrected chi connectivity index (χ0v) is 32.1. The second-order valence-electron chi connectivity index (χ2n) is 15.1. The second-order valence-corrected chi connectivity index (χ2v) is 15.1. The number of nitrogen functional groups attached to an aromatic ring is 1. The number of urea groups is 1. The summed E-state index contributed by atoms with van der Waals surface area (Å²) in [6, 6.07) is 27.7. The lowest BCUT2D eigenvalue weighted by Gasteiger charge is -2.40. The molecule has 3 N–H and O–H groups in total. The Morgan fingerprint density at radius 3 is 2.28 bits per heavy atom. The number of rotatable bonds is 9. The Morgan fingerprint density at radius 1 is 0.807 bits per heavy atom. The molecule has 0 unspecified atom stereocenters. The number of pyridine rings is 1. The number of nitrogens with one attached hydrogen (secondary N) is 1. The molecule has 13 heteroatoms. The van der Waals surface area contributed by atoms with Gasteiger partial charge in [-0.2, -0.15) is 0 Å². The maximum atomic E-state index is 12.4. The van der Waals surface area contributed by atoms with E-state index >= 15 is 0 Å². The van der Waals surface area contributed by atoms with Gasteiger partial charge in [-0.15, -0.1) is 0 Å². The smallest absolute Gasteiger partial charge is 0.328 e. The molecule has 6 aromatic rings. The Balaban J connectivity index is 0.795. The normalized spacial score (nSPS) is 17.0. The first-order valence-electron chi connectivity index (χ1n) is 19.7. The summed E-state index contributed by atoms with van der Waals surface area (Å²) in [6.07, 6.45) is 8.13. The van der Waals surface area contributed by atoms with Gasteiger partial charge in [0.2, 0.25) is 5.91 Å². The zero-order valence-electron chi connectivity index (χ0n) is 32.1. The van der Waals surface area contributed by atoms with E-state index in [1.165, 1.54) is 5.69 Å². The SMILES string of the molecule is Cc1cc(N2CCC(CN3CCN(c4ccc(-c5nc(-c6ccc(Oc7ccccc7)cc6)c6c(N)nccn56)cn4)CC3)CC2)ccc1N1CCC(=O)NC1=O. The fraction of sp³-hybridized carbons (Fsp3) is 0.295. The Morgan fingerprint density at radius 2 is 1.56 bits per heavy atom. The van der Waals surface area contributed by atoms with Gasteiger partial charge in [-0.05, 0) is 98.0 Å². The van der Waals surface area contributed by atoms with Crippen molar-refractivity contribution in [3.8, 4) is 34.1 Å². The number of fused-ring (bicyclic) bond motifs is 1. The molecule has 3 fully saturated rings. The van der Waals surface area contributed by atoms with E-state index in [9.17, 15) is 9.59 Å². The van der Waals surface area contributed by atoms with Crippen LogP contribution in [0, 0.1) is 12.8 Å². The molecule has 0 spiro atoms. The van der Waals surface area contributed by atoms with Crippen molar-refractivity contribution in [2.24, 2.45) is 5.92 Å². The van der Waals surface area contributed by atoms with Crippen molar-refractivity contribution in [1.82, 2.24) is 29.6 Å². The number of amides is 3. The van der Waals surface area contributed by atoms with Crippen LogP contribution in [0.1, 0.15) is 24.8 Å². The summed E-state index contributed by atoms with van der Waals surface area (Å²) >= 11 is 0. The number of ether oxygens (including phenoxy) is 1. The lowest BCUT2D eigenvalue weighted by molar-refractivity contribution is -0.120. The van der Waals surface area contributed by atoms with Crippen molar-refractivity contribution in [3.63, 3.8) is 0 Å². The summed E-state index contributed by atoms with van der Waals surface area (Å²) < 4.78 is 7.99. The van der Waals surface area contributed by atoms with Gasteiger partial charge in [-0.1, -0.05) is 18.2 Å². The standard InChI is InChI=1S/C44H46N10O3/c1-30-27-34(10-13-37(30)53-21-17-39(55)48-44(53)56)51-19-15-31(16-20-51)29-50-23-25-52(26-24-50)38-14-9-33(28-47-38)43-49-40(41-42(45)46-18-22-54(41)43)32-7-11-36(12-8-32)57-35-5-3-2-4-6-35/h2-14,18,22,27-28,31H,15-17,19-21,23-26,29H2,1H3,(H2,45,46)(H,48,55,56). The molecule has 57 heavy (non-hydrogen) atoms. The molecule has 3 amide bonds. The number of hydrogen-bond acceptors (Lipinski definition) is 10. The number of carbonyl (C=O) groups is 2. The number of hydrogen-bond donors (Lipinski definition) is 2. The number of piperazine rings is 1. The number of nitrogens with zero attached hydrogens (tertiary/aromatic N) is 8. The topological polar surface area (TPSA) is 137 Å². The monoisotopic (exact) mass is 762 g/mol. The Hall–Kier alpha value is -6.47. The third-order valence-electron chi connectivity index (χ3n) is 11.4. The van der Waals surface area contributed by atoms with Gasteiger partial charge < -0.3 is 20.3 Å². The summed E-state index contributed by atoms with van der Waals surface area (Å²) in [5.41, 5.74) is 12.9.